The van der Waals surface area contributed by atoms with Crippen molar-refractivity contribution < 1.29 is 19.5 Å². The second-order valence-electron chi connectivity index (χ2n) is 1.60. The van der Waals surface area contributed by atoms with Crippen molar-refractivity contribution in [3.05, 3.63) is 0 Å². The topological polar surface area (TPSA) is 80.9 Å². The quantitative estimate of drug-likeness (QED) is 0.350. The molecule has 8 heavy (non-hydrogen) atoms. The standard InChI is InChI=1S/C3H10O4Si/c4-2-1-3-8(5,6)7/h4-7H,1-3H2. The highest BCUT2D eigenvalue weighted by molar-refractivity contribution is 6.56. The van der Waals surface area contributed by atoms with Crippen LogP contribution in [0.2, 0.25) is 6.04 Å². The molecule has 0 bridgehead atoms. The highest BCUT2D eigenvalue weighted by Crippen LogP contribution is 1.98. The first-order valence-corrected chi connectivity index (χ1v) is 4.39. The van der Waals surface area contributed by atoms with Crippen LogP contribution >= 0.6 is 0 Å². The molecule has 0 rings (SSSR count). The second-order valence-corrected chi connectivity index (χ2v) is 3.65. The first kappa shape index (κ1) is 8.06. The molecule has 0 atom stereocenters. The SMILES string of the molecule is OCCC[Si](O)(O)O. The summed E-state index contributed by atoms with van der Waals surface area (Å²) < 4.78 is 0. The Balaban J connectivity index is 3.11. The number of hydrogen-bond donors (Lipinski definition) is 4. The molecule has 0 heterocycles. The Morgan fingerprint density at radius 2 is 1.62 bits per heavy atom. The maximum absolute atomic E-state index is 8.29. The summed E-state index contributed by atoms with van der Waals surface area (Å²) in [4.78, 5) is 24.9. The van der Waals surface area contributed by atoms with Crippen LogP contribution in [-0.4, -0.2) is 34.9 Å². The molecular weight excluding hydrogens is 128 g/mol. The van der Waals surface area contributed by atoms with Gasteiger partial charge in [-0.05, 0) is 6.42 Å². The minimum absolute atomic E-state index is 0.0799. The normalized spacial score (nSPS) is 12.0. The monoisotopic (exact) mass is 138 g/mol. The lowest BCUT2D eigenvalue weighted by Gasteiger charge is -2.05. The van der Waals surface area contributed by atoms with Gasteiger partial charge in [-0.2, -0.15) is 0 Å². The Morgan fingerprint density at radius 3 is 1.75 bits per heavy atom. The van der Waals surface area contributed by atoms with E-state index in [1.807, 2.05) is 0 Å². The van der Waals surface area contributed by atoms with Crippen LogP contribution in [0.5, 0.6) is 0 Å². The molecule has 50 valence electrons. The van der Waals surface area contributed by atoms with Crippen LogP contribution in [0.25, 0.3) is 0 Å². The van der Waals surface area contributed by atoms with E-state index < -0.39 is 8.80 Å². The Labute approximate surface area is 48.4 Å². The van der Waals surface area contributed by atoms with Gasteiger partial charge in [0.2, 0.25) is 0 Å². The maximum atomic E-state index is 8.29. The van der Waals surface area contributed by atoms with E-state index in [-0.39, 0.29) is 19.1 Å². The largest absolute Gasteiger partial charge is 0.492 e. The van der Waals surface area contributed by atoms with Crippen LogP contribution < -0.4 is 0 Å². The Morgan fingerprint density at radius 1 is 1.12 bits per heavy atom. The van der Waals surface area contributed by atoms with Gasteiger partial charge in [0.15, 0.2) is 0 Å². The number of rotatable bonds is 3. The zero-order chi connectivity index (χ0) is 6.62. The minimum Gasteiger partial charge on any atom is -0.396 e. The fraction of sp³-hybridized carbons (Fsp3) is 1.00. The van der Waals surface area contributed by atoms with Crippen molar-refractivity contribution in [2.45, 2.75) is 12.5 Å². The molecule has 4 nitrogen and oxygen atoms in total. The third-order valence-corrected chi connectivity index (χ3v) is 1.69. The van der Waals surface area contributed by atoms with Gasteiger partial charge in [0.05, 0.1) is 0 Å². The maximum Gasteiger partial charge on any atom is 0.492 e. The molecule has 4 N–H and O–H groups in total. The van der Waals surface area contributed by atoms with Gasteiger partial charge in [-0.15, -0.1) is 0 Å². The molecule has 0 radical (unpaired) electrons. The van der Waals surface area contributed by atoms with Crippen molar-refractivity contribution in [3.8, 4) is 0 Å². The second kappa shape index (κ2) is 3.16. The van der Waals surface area contributed by atoms with Crippen molar-refractivity contribution in [1.29, 1.82) is 0 Å². The van der Waals surface area contributed by atoms with Gasteiger partial charge < -0.3 is 19.5 Å². The summed E-state index contributed by atoms with van der Waals surface area (Å²) in [5, 5.41) is 8.12. The summed E-state index contributed by atoms with van der Waals surface area (Å²) in [5.74, 6) is 0. The van der Waals surface area contributed by atoms with Crippen LogP contribution in [0.1, 0.15) is 6.42 Å². The van der Waals surface area contributed by atoms with E-state index in [2.05, 4.69) is 0 Å². The van der Waals surface area contributed by atoms with E-state index in [0.29, 0.717) is 0 Å². The Kier molecular flexibility index (Phi) is 3.18. The van der Waals surface area contributed by atoms with E-state index in [1.54, 1.807) is 0 Å². The third kappa shape index (κ3) is 6.06. The van der Waals surface area contributed by atoms with Crippen molar-refractivity contribution >= 4 is 8.80 Å². The number of hydrogen-bond acceptors (Lipinski definition) is 4. The van der Waals surface area contributed by atoms with E-state index in [1.165, 1.54) is 0 Å². The van der Waals surface area contributed by atoms with Crippen LogP contribution in [0.15, 0.2) is 0 Å². The molecule has 0 amide bonds. The first-order valence-electron chi connectivity index (χ1n) is 2.34. The molecule has 0 saturated carbocycles. The van der Waals surface area contributed by atoms with Crippen molar-refractivity contribution in [2.24, 2.45) is 0 Å². The molecule has 5 heteroatoms. The lowest BCUT2D eigenvalue weighted by molar-refractivity contribution is 0.216. The molecule has 0 spiro atoms. The molecule has 0 saturated heterocycles. The summed E-state index contributed by atoms with van der Waals surface area (Å²) in [5.41, 5.74) is 0. The van der Waals surface area contributed by atoms with Crippen LogP contribution in [0, 0.1) is 0 Å². The summed E-state index contributed by atoms with van der Waals surface area (Å²) in [6, 6.07) is -0.0799. The van der Waals surface area contributed by atoms with Crippen LogP contribution in [0.4, 0.5) is 0 Å². The first-order chi connectivity index (χ1) is 3.56. The molecule has 0 aliphatic heterocycles. The zero-order valence-electron chi connectivity index (χ0n) is 4.41. The van der Waals surface area contributed by atoms with Gasteiger partial charge in [-0.1, -0.05) is 0 Å². The minimum atomic E-state index is -3.84. The van der Waals surface area contributed by atoms with E-state index in [4.69, 9.17) is 19.5 Å². The summed E-state index contributed by atoms with van der Waals surface area (Å²) in [6.45, 7) is -0.115. The smallest absolute Gasteiger partial charge is 0.396 e. The highest BCUT2D eigenvalue weighted by atomic mass is 28.4. The molecule has 0 aromatic heterocycles. The van der Waals surface area contributed by atoms with Crippen LogP contribution in [0.3, 0.4) is 0 Å². The number of aliphatic hydroxyl groups excluding tert-OH is 1. The molecule has 0 fully saturated rings. The highest BCUT2D eigenvalue weighted by Gasteiger charge is 2.24. The van der Waals surface area contributed by atoms with E-state index in [9.17, 15) is 0 Å². The van der Waals surface area contributed by atoms with Crippen molar-refractivity contribution in [1.82, 2.24) is 0 Å². The molecule has 0 aromatic carbocycles. The Hall–Kier alpha value is 0.0569. The molecular formula is C3H10O4Si. The van der Waals surface area contributed by atoms with Gasteiger partial charge in [-0.3, -0.25) is 0 Å². The average molecular weight is 138 g/mol. The predicted molar refractivity (Wildman–Crippen MR) is 28.9 cm³/mol. The predicted octanol–water partition coefficient (Wildman–Crippen LogP) is -1.72. The van der Waals surface area contributed by atoms with Crippen molar-refractivity contribution in [3.63, 3.8) is 0 Å². The third-order valence-electron chi connectivity index (χ3n) is 0.670. The number of aliphatic hydroxyl groups is 1. The van der Waals surface area contributed by atoms with Crippen molar-refractivity contribution in [2.75, 3.05) is 6.61 Å². The average Bonchev–Trinajstić information content (AvgIpc) is 1.59. The lowest BCUT2D eigenvalue weighted by Crippen LogP contribution is -2.34. The van der Waals surface area contributed by atoms with E-state index >= 15 is 0 Å². The van der Waals surface area contributed by atoms with Gasteiger partial charge >= 0.3 is 8.80 Å². The zero-order valence-corrected chi connectivity index (χ0v) is 5.41. The summed E-state index contributed by atoms with van der Waals surface area (Å²) in [6.07, 6.45) is 0.246. The fourth-order valence-electron chi connectivity index (χ4n) is 0.316. The lowest BCUT2D eigenvalue weighted by atomic mass is 10.5. The van der Waals surface area contributed by atoms with Gasteiger partial charge in [0.1, 0.15) is 0 Å². The van der Waals surface area contributed by atoms with E-state index in [0.717, 1.165) is 0 Å². The molecule has 0 aromatic rings. The van der Waals surface area contributed by atoms with Gasteiger partial charge in [0.25, 0.3) is 0 Å². The molecule has 0 unspecified atom stereocenters. The molecule has 0 aliphatic rings. The fourth-order valence-corrected chi connectivity index (χ4v) is 0.949. The summed E-state index contributed by atoms with van der Waals surface area (Å²) in [7, 11) is -3.84. The van der Waals surface area contributed by atoms with Crippen LogP contribution in [-0.2, 0) is 0 Å². The summed E-state index contributed by atoms with van der Waals surface area (Å²) >= 11 is 0. The molecule has 0 aliphatic carbocycles. The van der Waals surface area contributed by atoms with Gasteiger partial charge in [0, 0.05) is 12.7 Å². The van der Waals surface area contributed by atoms with Gasteiger partial charge in [-0.25, -0.2) is 0 Å². The Bertz CT molecular complexity index is 58.8.